The Morgan fingerprint density at radius 3 is 2.40 bits per heavy atom. The molecule has 0 aliphatic heterocycles. The summed E-state index contributed by atoms with van der Waals surface area (Å²) in [5.74, 6) is 0.591. The average molecular weight is 290 g/mol. The van der Waals surface area contributed by atoms with Crippen molar-refractivity contribution in [1.29, 1.82) is 0 Å². The Labute approximate surface area is 123 Å². The Hall–Kier alpha value is -2.00. The minimum absolute atomic E-state index is 0.200. The van der Waals surface area contributed by atoms with E-state index in [1.165, 1.54) is 0 Å². The fourth-order valence-corrected chi connectivity index (χ4v) is 2.02. The Balaban J connectivity index is 1.91. The molecule has 0 saturated carbocycles. The molecule has 0 saturated heterocycles. The molecule has 0 unspecified atom stereocenters. The zero-order valence-electron chi connectivity index (χ0n) is 11.2. The molecule has 0 radical (unpaired) electrons. The molecule has 2 aromatic carbocycles. The van der Waals surface area contributed by atoms with E-state index in [1.807, 2.05) is 54.6 Å². The van der Waals surface area contributed by atoms with Crippen molar-refractivity contribution in [3.63, 3.8) is 0 Å². The van der Waals surface area contributed by atoms with Crippen molar-refractivity contribution in [2.24, 2.45) is 0 Å². The third-order valence-electron chi connectivity index (χ3n) is 2.95. The number of hydrogen-bond acceptors (Lipinski definition) is 2. The normalized spacial score (nSPS) is 11.7. The third kappa shape index (κ3) is 3.75. The summed E-state index contributed by atoms with van der Waals surface area (Å²) in [7, 11) is 1.62. The second-order valence-corrected chi connectivity index (χ2v) is 4.78. The fraction of sp³-hybridized carbons (Fsp3) is 0.188. The van der Waals surface area contributed by atoms with Gasteiger partial charge in [-0.05, 0) is 23.3 Å². The molecule has 0 aliphatic carbocycles. The molecule has 20 heavy (non-hydrogen) atoms. The van der Waals surface area contributed by atoms with Crippen LogP contribution in [0.3, 0.4) is 0 Å². The smallest absolute Gasteiger partial charge is 0.242 e. The minimum Gasteiger partial charge on any atom is -0.497 e. The van der Waals surface area contributed by atoms with Crippen LogP contribution in [0.5, 0.6) is 5.75 Å². The van der Waals surface area contributed by atoms with Crippen molar-refractivity contribution < 1.29 is 9.53 Å². The lowest BCUT2D eigenvalue weighted by Gasteiger charge is -2.11. The summed E-state index contributed by atoms with van der Waals surface area (Å²) < 4.78 is 5.08. The molecular formula is C16H16ClNO2. The predicted molar refractivity (Wildman–Crippen MR) is 79.9 cm³/mol. The van der Waals surface area contributed by atoms with E-state index >= 15 is 0 Å². The quantitative estimate of drug-likeness (QED) is 0.858. The molecule has 0 bridgehead atoms. The van der Waals surface area contributed by atoms with Crippen molar-refractivity contribution >= 4 is 17.5 Å². The first-order valence-electron chi connectivity index (χ1n) is 6.30. The van der Waals surface area contributed by atoms with Gasteiger partial charge in [0.15, 0.2) is 0 Å². The van der Waals surface area contributed by atoms with Crippen LogP contribution < -0.4 is 10.1 Å². The first-order chi connectivity index (χ1) is 9.70. The monoisotopic (exact) mass is 289 g/mol. The number of benzene rings is 2. The van der Waals surface area contributed by atoms with Gasteiger partial charge in [0.2, 0.25) is 5.91 Å². The van der Waals surface area contributed by atoms with E-state index in [-0.39, 0.29) is 5.91 Å². The Bertz CT molecular complexity index is 554. The largest absolute Gasteiger partial charge is 0.497 e. The van der Waals surface area contributed by atoms with Crippen LogP contribution >= 0.6 is 11.6 Å². The second kappa shape index (κ2) is 6.96. The standard InChI is InChI=1S/C16H16ClNO2/c1-20-14-9-7-12(8-10-14)11-18-16(19)15(17)13-5-3-2-4-6-13/h2-10,15H,11H2,1H3,(H,18,19)/t15-/m0/s1. The van der Waals surface area contributed by atoms with E-state index in [0.29, 0.717) is 6.54 Å². The van der Waals surface area contributed by atoms with E-state index < -0.39 is 5.38 Å². The van der Waals surface area contributed by atoms with Gasteiger partial charge in [0, 0.05) is 6.54 Å². The number of nitrogens with one attached hydrogen (secondary N) is 1. The van der Waals surface area contributed by atoms with E-state index in [9.17, 15) is 4.79 Å². The summed E-state index contributed by atoms with van der Waals surface area (Å²) in [6.45, 7) is 0.443. The molecule has 4 heteroatoms. The Kier molecular flexibility index (Phi) is 5.02. The minimum atomic E-state index is -0.672. The van der Waals surface area contributed by atoms with Crippen LogP contribution in [0.15, 0.2) is 54.6 Å². The highest BCUT2D eigenvalue weighted by Gasteiger charge is 2.16. The van der Waals surface area contributed by atoms with Gasteiger partial charge in [0.1, 0.15) is 11.1 Å². The number of carbonyl (C=O) groups excluding carboxylic acids is 1. The summed E-state index contributed by atoms with van der Waals surface area (Å²) in [5.41, 5.74) is 1.79. The zero-order valence-corrected chi connectivity index (χ0v) is 11.9. The summed E-state index contributed by atoms with van der Waals surface area (Å²) in [5, 5.41) is 2.15. The molecule has 2 aromatic rings. The average Bonchev–Trinajstić information content (AvgIpc) is 2.53. The maximum Gasteiger partial charge on any atom is 0.242 e. The molecule has 0 aliphatic rings. The maximum absolute atomic E-state index is 12.0. The van der Waals surface area contributed by atoms with Crippen LogP contribution in [-0.4, -0.2) is 13.0 Å². The van der Waals surface area contributed by atoms with Crippen LogP contribution in [0.25, 0.3) is 0 Å². The number of carbonyl (C=O) groups is 1. The number of rotatable bonds is 5. The number of halogens is 1. The van der Waals surface area contributed by atoms with Crippen LogP contribution in [0.2, 0.25) is 0 Å². The molecule has 0 aromatic heterocycles. The zero-order chi connectivity index (χ0) is 14.4. The topological polar surface area (TPSA) is 38.3 Å². The molecule has 1 atom stereocenters. The van der Waals surface area contributed by atoms with Crippen molar-refractivity contribution in [3.05, 3.63) is 65.7 Å². The van der Waals surface area contributed by atoms with Crippen LogP contribution in [0.1, 0.15) is 16.5 Å². The number of hydrogen-bond donors (Lipinski definition) is 1. The first kappa shape index (κ1) is 14.4. The Morgan fingerprint density at radius 1 is 1.15 bits per heavy atom. The van der Waals surface area contributed by atoms with Gasteiger partial charge >= 0.3 is 0 Å². The van der Waals surface area contributed by atoms with Crippen LogP contribution in [0, 0.1) is 0 Å². The van der Waals surface area contributed by atoms with Gasteiger partial charge in [-0.3, -0.25) is 4.79 Å². The van der Waals surface area contributed by atoms with Gasteiger partial charge < -0.3 is 10.1 Å². The highest BCUT2D eigenvalue weighted by atomic mass is 35.5. The molecule has 0 fully saturated rings. The lowest BCUT2D eigenvalue weighted by Crippen LogP contribution is -2.26. The van der Waals surface area contributed by atoms with Crippen LogP contribution in [0.4, 0.5) is 0 Å². The fourth-order valence-electron chi connectivity index (χ4n) is 1.80. The maximum atomic E-state index is 12.0. The van der Waals surface area contributed by atoms with Gasteiger partial charge in [-0.25, -0.2) is 0 Å². The van der Waals surface area contributed by atoms with E-state index in [4.69, 9.17) is 16.3 Å². The molecule has 3 nitrogen and oxygen atoms in total. The van der Waals surface area contributed by atoms with Gasteiger partial charge in [-0.1, -0.05) is 42.5 Å². The lowest BCUT2D eigenvalue weighted by molar-refractivity contribution is -0.121. The first-order valence-corrected chi connectivity index (χ1v) is 6.74. The molecule has 104 valence electrons. The van der Waals surface area contributed by atoms with E-state index in [2.05, 4.69) is 5.32 Å². The van der Waals surface area contributed by atoms with Crippen molar-refractivity contribution in [1.82, 2.24) is 5.32 Å². The van der Waals surface area contributed by atoms with Gasteiger partial charge in [-0.2, -0.15) is 0 Å². The van der Waals surface area contributed by atoms with E-state index in [1.54, 1.807) is 7.11 Å². The number of methoxy groups -OCH3 is 1. The number of ether oxygens (including phenoxy) is 1. The second-order valence-electron chi connectivity index (χ2n) is 4.34. The van der Waals surface area contributed by atoms with Crippen molar-refractivity contribution in [3.8, 4) is 5.75 Å². The SMILES string of the molecule is COc1ccc(CNC(=O)[C@@H](Cl)c2ccccc2)cc1. The molecule has 1 N–H and O–H groups in total. The molecule has 1 amide bonds. The summed E-state index contributed by atoms with van der Waals surface area (Å²) in [6.07, 6.45) is 0. The van der Waals surface area contributed by atoms with Gasteiger partial charge in [0.05, 0.1) is 7.11 Å². The van der Waals surface area contributed by atoms with E-state index in [0.717, 1.165) is 16.9 Å². The molecular weight excluding hydrogens is 274 g/mol. The summed E-state index contributed by atoms with van der Waals surface area (Å²) in [6, 6.07) is 16.8. The van der Waals surface area contributed by atoms with Crippen LogP contribution in [-0.2, 0) is 11.3 Å². The van der Waals surface area contributed by atoms with Gasteiger partial charge in [0.25, 0.3) is 0 Å². The highest BCUT2D eigenvalue weighted by molar-refractivity contribution is 6.30. The number of alkyl halides is 1. The van der Waals surface area contributed by atoms with Gasteiger partial charge in [-0.15, -0.1) is 11.6 Å². The number of amides is 1. The van der Waals surface area contributed by atoms with Crippen molar-refractivity contribution in [2.75, 3.05) is 7.11 Å². The predicted octanol–water partition coefficient (Wildman–Crippen LogP) is 3.29. The lowest BCUT2D eigenvalue weighted by atomic mass is 10.1. The summed E-state index contributed by atoms with van der Waals surface area (Å²) in [4.78, 5) is 12.0. The molecule has 2 rings (SSSR count). The summed E-state index contributed by atoms with van der Waals surface area (Å²) >= 11 is 6.14. The van der Waals surface area contributed by atoms with Crippen molar-refractivity contribution in [2.45, 2.75) is 11.9 Å². The Morgan fingerprint density at radius 2 is 1.80 bits per heavy atom. The highest BCUT2D eigenvalue weighted by Crippen LogP contribution is 2.20. The molecule has 0 spiro atoms. The third-order valence-corrected chi connectivity index (χ3v) is 3.40. The molecule has 0 heterocycles.